The molecule has 1 saturated carbocycles. The largest absolute Gasteiger partial charge is 0.311 e. The third kappa shape index (κ3) is 3.61. The second kappa shape index (κ2) is 7.34. The summed E-state index contributed by atoms with van der Waals surface area (Å²) in [7, 11) is 0.239. The number of nitrogens with one attached hydrogen (secondary N) is 1. The molecule has 1 N–H and O–H groups in total. The number of hydrogen-bond donors (Lipinski definition) is 1. The standard InChI is InChI=1S/C15H29N3O2S.ClH/c1-17(14-6-4-3-5-7-14)21(19,20)18(2)15-10-12-8-9-13(11-15)16-12;/h12-16H,3-11H2,1-2H3;1H. The summed E-state index contributed by atoms with van der Waals surface area (Å²) in [5.41, 5.74) is 0. The predicted octanol–water partition coefficient (Wildman–Crippen LogP) is 2.13. The van der Waals surface area contributed by atoms with Crippen LogP contribution in [0.15, 0.2) is 0 Å². The van der Waals surface area contributed by atoms with Crippen LogP contribution in [-0.2, 0) is 10.2 Å². The zero-order valence-electron chi connectivity index (χ0n) is 13.7. The monoisotopic (exact) mass is 351 g/mol. The van der Waals surface area contributed by atoms with E-state index in [0.29, 0.717) is 12.1 Å². The van der Waals surface area contributed by atoms with Gasteiger partial charge in [0.2, 0.25) is 0 Å². The van der Waals surface area contributed by atoms with Crippen molar-refractivity contribution in [2.24, 2.45) is 0 Å². The lowest BCUT2D eigenvalue weighted by molar-refractivity contribution is 0.220. The molecule has 2 bridgehead atoms. The van der Waals surface area contributed by atoms with Crippen LogP contribution in [-0.4, -0.2) is 55.3 Å². The summed E-state index contributed by atoms with van der Waals surface area (Å²) in [6.07, 6.45) is 9.92. The van der Waals surface area contributed by atoms with Crippen molar-refractivity contribution >= 4 is 22.6 Å². The van der Waals surface area contributed by atoms with E-state index < -0.39 is 10.2 Å². The predicted molar refractivity (Wildman–Crippen MR) is 91.5 cm³/mol. The minimum Gasteiger partial charge on any atom is -0.311 e. The molecule has 0 spiro atoms. The van der Waals surface area contributed by atoms with Gasteiger partial charge in [-0.2, -0.15) is 17.0 Å². The number of nitrogens with zero attached hydrogens (tertiary/aromatic N) is 2. The quantitative estimate of drug-likeness (QED) is 0.844. The lowest BCUT2D eigenvalue weighted by Crippen LogP contribution is -2.53. The Morgan fingerprint density at radius 3 is 1.86 bits per heavy atom. The molecule has 7 heteroatoms. The summed E-state index contributed by atoms with van der Waals surface area (Å²) in [4.78, 5) is 0. The van der Waals surface area contributed by atoms with Crippen molar-refractivity contribution in [2.75, 3.05) is 14.1 Å². The molecule has 5 nitrogen and oxygen atoms in total. The molecule has 2 unspecified atom stereocenters. The molecule has 3 aliphatic rings. The van der Waals surface area contributed by atoms with Crippen molar-refractivity contribution in [3.63, 3.8) is 0 Å². The van der Waals surface area contributed by atoms with Gasteiger partial charge in [0.15, 0.2) is 0 Å². The summed E-state index contributed by atoms with van der Waals surface area (Å²) in [5.74, 6) is 0. The number of rotatable bonds is 4. The maximum atomic E-state index is 12.9. The fourth-order valence-corrected chi connectivity index (χ4v) is 5.89. The zero-order valence-corrected chi connectivity index (χ0v) is 15.3. The average Bonchev–Trinajstić information content (AvgIpc) is 2.84. The van der Waals surface area contributed by atoms with Crippen LogP contribution < -0.4 is 5.32 Å². The molecule has 0 aromatic rings. The van der Waals surface area contributed by atoms with Crippen LogP contribution in [0.1, 0.15) is 57.8 Å². The Balaban J connectivity index is 0.00000176. The van der Waals surface area contributed by atoms with E-state index in [1.807, 2.05) is 0 Å². The van der Waals surface area contributed by atoms with Gasteiger partial charge < -0.3 is 5.32 Å². The Hall–Kier alpha value is 0.120. The molecule has 0 aromatic carbocycles. The Bertz CT molecular complexity index is 455. The highest BCUT2D eigenvalue weighted by molar-refractivity contribution is 7.86. The second-order valence-corrected chi connectivity index (χ2v) is 9.14. The van der Waals surface area contributed by atoms with Crippen molar-refractivity contribution in [3.05, 3.63) is 0 Å². The highest BCUT2D eigenvalue weighted by Gasteiger charge is 2.40. The summed E-state index contributed by atoms with van der Waals surface area (Å²) in [5, 5.41) is 3.58. The van der Waals surface area contributed by atoms with Gasteiger partial charge in [-0.3, -0.25) is 0 Å². The summed E-state index contributed by atoms with van der Waals surface area (Å²) >= 11 is 0. The highest BCUT2D eigenvalue weighted by Crippen LogP contribution is 2.32. The maximum Gasteiger partial charge on any atom is 0.281 e. The van der Waals surface area contributed by atoms with Gasteiger partial charge in [-0.25, -0.2) is 0 Å². The number of hydrogen-bond acceptors (Lipinski definition) is 3. The first kappa shape index (κ1) is 18.5. The van der Waals surface area contributed by atoms with Gasteiger partial charge in [0, 0.05) is 38.3 Å². The molecular weight excluding hydrogens is 322 g/mol. The number of halogens is 1. The van der Waals surface area contributed by atoms with Crippen molar-refractivity contribution in [1.82, 2.24) is 13.9 Å². The minimum atomic E-state index is -3.32. The van der Waals surface area contributed by atoms with Crippen LogP contribution in [0.4, 0.5) is 0 Å². The van der Waals surface area contributed by atoms with Crippen LogP contribution in [0, 0.1) is 0 Å². The van der Waals surface area contributed by atoms with Crippen LogP contribution in [0.3, 0.4) is 0 Å². The SMILES string of the molecule is CN(C1CCCCC1)S(=O)(=O)N(C)C1CC2CCC(C1)N2.Cl. The van der Waals surface area contributed by atoms with Crippen molar-refractivity contribution in [2.45, 2.75) is 82.0 Å². The zero-order chi connectivity index (χ0) is 15.0. The smallest absolute Gasteiger partial charge is 0.281 e. The second-order valence-electron chi connectivity index (χ2n) is 7.10. The molecular formula is C15H30ClN3O2S. The van der Waals surface area contributed by atoms with Crippen molar-refractivity contribution in [1.29, 1.82) is 0 Å². The van der Waals surface area contributed by atoms with E-state index in [0.717, 1.165) is 38.5 Å². The molecule has 22 heavy (non-hydrogen) atoms. The fourth-order valence-electron chi connectivity index (χ4n) is 4.35. The fraction of sp³-hybridized carbons (Fsp3) is 1.00. The average molecular weight is 352 g/mol. The lowest BCUT2D eigenvalue weighted by atomic mass is 9.96. The third-order valence-electron chi connectivity index (χ3n) is 5.78. The summed E-state index contributed by atoms with van der Waals surface area (Å²) in [6, 6.07) is 1.40. The van der Waals surface area contributed by atoms with E-state index in [2.05, 4.69) is 5.32 Å². The Kier molecular flexibility index (Phi) is 6.16. The normalized spacial score (nSPS) is 33.2. The van der Waals surface area contributed by atoms with Crippen LogP contribution in [0.5, 0.6) is 0 Å². The molecule has 2 aliphatic heterocycles. The molecule has 2 heterocycles. The topological polar surface area (TPSA) is 52.7 Å². The summed E-state index contributed by atoms with van der Waals surface area (Å²) in [6.45, 7) is 0. The van der Waals surface area contributed by atoms with Crippen molar-refractivity contribution in [3.8, 4) is 0 Å². The van der Waals surface area contributed by atoms with E-state index in [-0.39, 0.29) is 24.5 Å². The van der Waals surface area contributed by atoms with Gasteiger partial charge in [0.25, 0.3) is 10.2 Å². The van der Waals surface area contributed by atoms with Gasteiger partial charge in [-0.05, 0) is 38.5 Å². The highest BCUT2D eigenvalue weighted by atomic mass is 35.5. The molecule has 0 radical (unpaired) electrons. The van der Waals surface area contributed by atoms with Crippen LogP contribution in [0.2, 0.25) is 0 Å². The van der Waals surface area contributed by atoms with Crippen molar-refractivity contribution < 1.29 is 8.42 Å². The van der Waals surface area contributed by atoms with E-state index in [1.165, 1.54) is 19.3 Å². The molecule has 0 aromatic heterocycles. The van der Waals surface area contributed by atoms with Gasteiger partial charge in [-0.15, -0.1) is 12.4 Å². The first-order chi connectivity index (χ1) is 9.98. The molecule has 3 rings (SSSR count). The molecule has 130 valence electrons. The lowest BCUT2D eigenvalue weighted by Gasteiger charge is -2.39. The Morgan fingerprint density at radius 2 is 1.32 bits per heavy atom. The molecule has 2 saturated heterocycles. The van der Waals surface area contributed by atoms with Gasteiger partial charge in [0.1, 0.15) is 0 Å². The Labute approximate surface area is 141 Å². The van der Waals surface area contributed by atoms with E-state index in [1.54, 1.807) is 22.7 Å². The van der Waals surface area contributed by atoms with Crippen LogP contribution >= 0.6 is 12.4 Å². The van der Waals surface area contributed by atoms with E-state index >= 15 is 0 Å². The molecule has 0 amide bonds. The molecule has 3 fully saturated rings. The van der Waals surface area contributed by atoms with Gasteiger partial charge in [0.05, 0.1) is 0 Å². The number of fused-ring (bicyclic) bond motifs is 2. The summed E-state index contributed by atoms with van der Waals surface area (Å²) < 4.78 is 29.1. The first-order valence-corrected chi connectivity index (χ1v) is 9.85. The van der Waals surface area contributed by atoms with E-state index in [9.17, 15) is 8.42 Å². The minimum absolute atomic E-state index is 0. The third-order valence-corrected chi connectivity index (χ3v) is 7.83. The molecule has 2 atom stereocenters. The van der Waals surface area contributed by atoms with Gasteiger partial charge in [-0.1, -0.05) is 19.3 Å². The first-order valence-electron chi connectivity index (χ1n) is 8.45. The maximum absolute atomic E-state index is 12.9. The number of piperidine rings is 1. The Morgan fingerprint density at radius 1 is 0.818 bits per heavy atom. The molecule has 1 aliphatic carbocycles. The van der Waals surface area contributed by atoms with Gasteiger partial charge >= 0.3 is 0 Å². The van der Waals surface area contributed by atoms with Crippen LogP contribution in [0.25, 0.3) is 0 Å². The van der Waals surface area contributed by atoms with E-state index in [4.69, 9.17) is 0 Å².